The first kappa shape index (κ1) is 14.2. The van der Waals surface area contributed by atoms with E-state index >= 15 is 0 Å². The first-order valence-corrected chi connectivity index (χ1v) is 6.86. The Morgan fingerprint density at radius 3 is 2.25 bits per heavy atom. The van der Waals surface area contributed by atoms with Gasteiger partial charge < -0.3 is 0 Å². The first-order chi connectivity index (χ1) is 9.74. The van der Waals surface area contributed by atoms with E-state index in [4.69, 9.17) is 0 Å². The molecule has 1 aromatic heterocycles. The molecule has 0 aliphatic rings. The van der Waals surface area contributed by atoms with Gasteiger partial charge in [0.15, 0.2) is 0 Å². The molecule has 0 saturated carbocycles. The van der Waals surface area contributed by atoms with Gasteiger partial charge in [-0.1, -0.05) is 32.0 Å². The van der Waals surface area contributed by atoms with E-state index in [1.54, 1.807) is 12.1 Å². The summed E-state index contributed by atoms with van der Waals surface area (Å²) < 4.78 is 12.9. The number of para-hydroxylation sites is 1. The lowest BCUT2D eigenvalue weighted by molar-refractivity contribution is 0.628. The van der Waals surface area contributed by atoms with Crippen molar-refractivity contribution in [2.45, 2.75) is 20.8 Å². The highest BCUT2D eigenvalue weighted by molar-refractivity contribution is 5.84. The smallest absolute Gasteiger partial charge is 0.123 e. The number of aryl methyl sites for hydroxylation is 1. The van der Waals surface area contributed by atoms with Crippen molar-refractivity contribution in [2.75, 3.05) is 0 Å². The lowest BCUT2D eigenvalue weighted by atomic mass is 10.1. The number of rotatable bonds is 1. The maximum Gasteiger partial charge on any atom is 0.123 e. The number of pyridine rings is 1. The highest BCUT2D eigenvalue weighted by Gasteiger charge is 2.04. The lowest BCUT2D eigenvalue weighted by Crippen LogP contribution is -1.88. The molecule has 0 aliphatic heterocycles. The van der Waals surface area contributed by atoms with Gasteiger partial charge in [0.25, 0.3) is 0 Å². The average molecular weight is 267 g/mol. The predicted octanol–water partition coefficient (Wildman–Crippen LogP) is 5.38. The number of benzene rings is 2. The molecule has 0 N–H and O–H groups in total. The number of hydrogen-bond acceptors (Lipinski definition) is 1. The van der Waals surface area contributed by atoms with Gasteiger partial charge in [-0.3, -0.25) is 0 Å². The summed E-state index contributed by atoms with van der Waals surface area (Å²) in [6.07, 6.45) is 0. The van der Waals surface area contributed by atoms with Gasteiger partial charge in [0.2, 0.25) is 0 Å². The molecule has 0 fully saturated rings. The summed E-state index contributed by atoms with van der Waals surface area (Å²) in [5.74, 6) is -0.226. The molecule has 0 bridgehead atoms. The first-order valence-electron chi connectivity index (χ1n) is 6.86. The molecule has 0 amide bonds. The van der Waals surface area contributed by atoms with Gasteiger partial charge in [0.05, 0.1) is 11.2 Å². The van der Waals surface area contributed by atoms with E-state index in [1.165, 1.54) is 17.7 Å². The highest BCUT2D eigenvalue weighted by atomic mass is 19.1. The summed E-state index contributed by atoms with van der Waals surface area (Å²) in [5.41, 5.74) is 3.97. The Balaban J connectivity index is 0.000000704. The van der Waals surface area contributed by atoms with Crippen molar-refractivity contribution >= 4 is 10.9 Å². The second-order valence-electron chi connectivity index (χ2n) is 4.35. The molecule has 2 aromatic carbocycles. The number of fused-ring (bicyclic) bond motifs is 1. The van der Waals surface area contributed by atoms with Crippen LogP contribution in [0.15, 0.2) is 54.6 Å². The maximum absolute atomic E-state index is 12.9. The van der Waals surface area contributed by atoms with E-state index in [-0.39, 0.29) is 5.82 Å². The molecule has 1 nitrogen and oxygen atoms in total. The van der Waals surface area contributed by atoms with E-state index in [0.29, 0.717) is 0 Å². The van der Waals surface area contributed by atoms with Crippen molar-refractivity contribution in [1.29, 1.82) is 0 Å². The topological polar surface area (TPSA) is 12.9 Å². The molecule has 0 spiro atoms. The molecule has 0 atom stereocenters. The van der Waals surface area contributed by atoms with Crippen LogP contribution in [-0.2, 0) is 0 Å². The van der Waals surface area contributed by atoms with E-state index < -0.39 is 0 Å². The Kier molecular flexibility index (Phi) is 4.46. The lowest BCUT2D eigenvalue weighted by Gasteiger charge is -2.06. The number of nitrogens with zero attached hydrogens (tertiary/aromatic N) is 1. The van der Waals surface area contributed by atoms with Crippen LogP contribution in [0.1, 0.15) is 19.4 Å². The fraction of sp³-hybridized carbons (Fsp3) is 0.167. The SMILES string of the molecule is CC.Cc1cc(-c2ccc(F)cc2)nc2ccccc12. The van der Waals surface area contributed by atoms with E-state index in [1.807, 2.05) is 38.1 Å². The molecule has 1 heterocycles. The second-order valence-corrected chi connectivity index (χ2v) is 4.35. The van der Waals surface area contributed by atoms with E-state index in [0.717, 1.165) is 22.2 Å². The highest BCUT2D eigenvalue weighted by Crippen LogP contribution is 2.24. The largest absolute Gasteiger partial charge is 0.248 e. The van der Waals surface area contributed by atoms with Gasteiger partial charge in [0.1, 0.15) is 5.82 Å². The molecule has 3 rings (SSSR count). The van der Waals surface area contributed by atoms with Crippen LogP contribution in [0.4, 0.5) is 4.39 Å². The van der Waals surface area contributed by atoms with Crippen LogP contribution in [-0.4, -0.2) is 4.98 Å². The molecule has 102 valence electrons. The molecular formula is C18H18FN. The minimum Gasteiger partial charge on any atom is -0.248 e. The van der Waals surface area contributed by atoms with Gasteiger partial charge in [-0.15, -0.1) is 0 Å². The number of hydrogen-bond donors (Lipinski definition) is 0. The maximum atomic E-state index is 12.9. The summed E-state index contributed by atoms with van der Waals surface area (Å²) in [4.78, 5) is 4.61. The Bertz CT molecular complexity index is 702. The van der Waals surface area contributed by atoms with Crippen LogP contribution in [0.3, 0.4) is 0 Å². The normalized spacial score (nSPS) is 10.0. The van der Waals surface area contributed by atoms with Gasteiger partial charge in [0, 0.05) is 10.9 Å². The number of halogens is 1. The van der Waals surface area contributed by atoms with Crippen LogP contribution in [0, 0.1) is 12.7 Å². The molecule has 0 saturated heterocycles. The molecule has 2 heteroatoms. The Labute approximate surface area is 119 Å². The zero-order chi connectivity index (χ0) is 14.5. The summed E-state index contributed by atoms with van der Waals surface area (Å²) >= 11 is 0. The molecular weight excluding hydrogens is 249 g/mol. The van der Waals surface area contributed by atoms with Crippen molar-refractivity contribution < 1.29 is 4.39 Å². The van der Waals surface area contributed by atoms with Crippen LogP contribution in [0.25, 0.3) is 22.2 Å². The Hall–Kier alpha value is -2.22. The molecule has 0 radical (unpaired) electrons. The Morgan fingerprint density at radius 1 is 0.900 bits per heavy atom. The summed E-state index contributed by atoms with van der Waals surface area (Å²) in [6, 6.07) is 16.5. The summed E-state index contributed by atoms with van der Waals surface area (Å²) in [6.45, 7) is 6.07. The monoisotopic (exact) mass is 267 g/mol. The third kappa shape index (κ3) is 2.85. The van der Waals surface area contributed by atoms with Crippen molar-refractivity contribution in [1.82, 2.24) is 4.98 Å². The van der Waals surface area contributed by atoms with Crippen LogP contribution < -0.4 is 0 Å². The number of aromatic nitrogens is 1. The minimum atomic E-state index is -0.226. The van der Waals surface area contributed by atoms with Crippen LogP contribution >= 0.6 is 0 Å². The standard InChI is InChI=1S/C16H12FN.C2H6/c1-11-10-16(12-6-8-13(17)9-7-12)18-15-5-3-2-4-14(11)15;1-2/h2-10H,1H3;1-2H3. The zero-order valence-electron chi connectivity index (χ0n) is 12.0. The fourth-order valence-corrected chi connectivity index (χ4v) is 2.12. The molecule has 0 aliphatic carbocycles. The van der Waals surface area contributed by atoms with Crippen LogP contribution in [0.2, 0.25) is 0 Å². The van der Waals surface area contributed by atoms with Gasteiger partial charge in [-0.05, 0) is 48.9 Å². The predicted molar refractivity (Wildman–Crippen MR) is 83.2 cm³/mol. The fourth-order valence-electron chi connectivity index (χ4n) is 2.12. The van der Waals surface area contributed by atoms with Gasteiger partial charge in [-0.25, -0.2) is 9.37 Å². The summed E-state index contributed by atoms with van der Waals surface area (Å²) in [5, 5.41) is 1.16. The van der Waals surface area contributed by atoms with Crippen molar-refractivity contribution in [3.63, 3.8) is 0 Å². The Morgan fingerprint density at radius 2 is 1.55 bits per heavy atom. The van der Waals surface area contributed by atoms with Crippen molar-refractivity contribution in [2.24, 2.45) is 0 Å². The van der Waals surface area contributed by atoms with Crippen LogP contribution in [0.5, 0.6) is 0 Å². The molecule has 0 unspecified atom stereocenters. The summed E-state index contributed by atoms with van der Waals surface area (Å²) in [7, 11) is 0. The second kappa shape index (κ2) is 6.29. The average Bonchev–Trinajstić information content (AvgIpc) is 2.50. The minimum absolute atomic E-state index is 0.226. The third-order valence-corrected chi connectivity index (χ3v) is 3.06. The van der Waals surface area contributed by atoms with E-state index in [9.17, 15) is 4.39 Å². The van der Waals surface area contributed by atoms with Gasteiger partial charge in [-0.2, -0.15) is 0 Å². The van der Waals surface area contributed by atoms with Crippen molar-refractivity contribution in [3.05, 3.63) is 66.0 Å². The van der Waals surface area contributed by atoms with E-state index in [2.05, 4.69) is 18.0 Å². The van der Waals surface area contributed by atoms with Crippen molar-refractivity contribution in [3.8, 4) is 11.3 Å². The molecule has 3 aromatic rings. The van der Waals surface area contributed by atoms with Gasteiger partial charge >= 0.3 is 0 Å². The third-order valence-electron chi connectivity index (χ3n) is 3.06. The zero-order valence-corrected chi connectivity index (χ0v) is 12.0. The quantitative estimate of drug-likeness (QED) is 0.577. The molecule has 20 heavy (non-hydrogen) atoms.